The molecule has 2 rings (SSSR count). The highest BCUT2D eigenvalue weighted by molar-refractivity contribution is 9.10. The van der Waals surface area contributed by atoms with Crippen molar-refractivity contribution in [1.82, 2.24) is 0 Å². The third-order valence-electron chi connectivity index (χ3n) is 2.30. The van der Waals surface area contributed by atoms with Crippen LogP contribution < -0.4 is 5.73 Å². The Morgan fingerprint density at radius 1 is 1.55 bits per heavy atom. The normalized spacial score (nSPS) is 21.3. The zero-order chi connectivity index (χ0) is 7.90. The van der Waals surface area contributed by atoms with E-state index in [2.05, 4.69) is 15.9 Å². The van der Waals surface area contributed by atoms with Gasteiger partial charge in [0.1, 0.15) is 12.0 Å². The number of furan rings is 1. The third kappa shape index (κ3) is 1.12. The first-order valence-electron chi connectivity index (χ1n) is 3.74. The molecule has 1 aromatic heterocycles. The van der Waals surface area contributed by atoms with E-state index in [9.17, 15) is 0 Å². The van der Waals surface area contributed by atoms with Gasteiger partial charge in [0.05, 0.1) is 10.0 Å². The summed E-state index contributed by atoms with van der Waals surface area (Å²) in [6, 6.07) is 1.96. The first-order chi connectivity index (χ1) is 5.21. The fourth-order valence-electron chi connectivity index (χ4n) is 1.38. The van der Waals surface area contributed by atoms with E-state index < -0.39 is 0 Å². The van der Waals surface area contributed by atoms with Gasteiger partial charge < -0.3 is 10.2 Å². The van der Waals surface area contributed by atoms with Crippen LogP contribution in [0.2, 0.25) is 0 Å². The number of hydrogen-bond acceptors (Lipinski definition) is 2. The lowest BCUT2D eigenvalue weighted by Gasteiger charge is -2.35. The summed E-state index contributed by atoms with van der Waals surface area (Å²) in [6.07, 6.45) is 5.00. The summed E-state index contributed by atoms with van der Waals surface area (Å²) in [5, 5.41) is 0. The summed E-state index contributed by atoms with van der Waals surface area (Å²) in [5.41, 5.74) is 5.86. The van der Waals surface area contributed by atoms with Crippen LogP contribution in [0.25, 0.3) is 0 Å². The molecule has 1 aromatic rings. The van der Waals surface area contributed by atoms with E-state index in [-0.39, 0.29) is 5.54 Å². The Morgan fingerprint density at radius 3 is 2.64 bits per heavy atom. The van der Waals surface area contributed by atoms with Crippen LogP contribution in [-0.4, -0.2) is 0 Å². The summed E-state index contributed by atoms with van der Waals surface area (Å²) >= 11 is 3.33. The summed E-state index contributed by atoms with van der Waals surface area (Å²) in [6.45, 7) is 0. The summed E-state index contributed by atoms with van der Waals surface area (Å²) < 4.78 is 6.28. The first kappa shape index (κ1) is 7.37. The van der Waals surface area contributed by atoms with E-state index >= 15 is 0 Å². The lowest BCUT2D eigenvalue weighted by molar-refractivity contribution is 0.208. The fraction of sp³-hybridized carbons (Fsp3) is 0.500. The van der Waals surface area contributed by atoms with Crippen LogP contribution in [0.1, 0.15) is 25.0 Å². The Labute approximate surface area is 73.9 Å². The Hall–Kier alpha value is -0.280. The summed E-state index contributed by atoms with van der Waals surface area (Å²) in [7, 11) is 0. The van der Waals surface area contributed by atoms with Crippen LogP contribution >= 0.6 is 15.9 Å². The second-order valence-corrected chi connectivity index (χ2v) is 4.05. The molecule has 1 aliphatic rings. The van der Waals surface area contributed by atoms with E-state index in [4.69, 9.17) is 10.2 Å². The van der Waals surface area contributed by atoms with Gasteiger partial charge >= 0.3 is 0 Å². The fourth-order valence-corrected chi connectivity index (χ4v) is 1.68. The number of hydrogen-bond donors (Lipinski definition) is 1. The maximum Gasteiger partial charge on any atom is 0.124 e. The molecule has 0 bridgehead atoms. The van der Waals surface area contributed by atoms with E-state index in [1.54, 1.807) is 6.26 Å². The molecule has 1 fully saturated rings. The molecular formula is C8H10BrNO. The minimum atomic E-state index is -0.161. The molecule has 3 heteroatoms. The zero-order valence-electron chi connectivity index (χ0n) is 6.14. The second kappa shape index (κ2) is 2.35. The molecule has 0 spiro atoms. The molecule has 0 aliphatic heterocycles. The van der Waals surface area contributed by atoms with Gasteiger partial charge in [-0.05, 0) is 41.3 Å². The average molecular weight is 216 g/mol. The molecule has 1 saturated carbocycles. The van der Waals surface area contributed by atoms with Crippen molar-refractivity contribution in [2.24, 2.45) is 5.73 Å². The highest BCUT2D eigenvalue weighted by Gasteiger charge is 2.37. The van der Waals surface area contributed by atoms with Crippen molar-refractivity contribution in [3.8, 4) is 0 Å². The van der Waals surface area contributed by atoms with Crippen LogP contribution in [0.3, 0.4) is 0 Å². The molecule has 60 valence electrons. The van der Waals surface area contributed by atoms with Gasteiger partial charge in [0, 0.05) is 0 Å². The van der Waals surface area contributed by atoms with Crippen LogP contribution in [0.5, 0.6) is 0 Å². The molecular weight excluding hydrogens is 206 g/mol. The third-order valence-corrected chi connectivity index (χ3v) is 2.72. The van der Waals surface area contributed by atoms with Crippen LogP contribution in [-0.2, 0) is 5.54 Å². The Bertz CT molecular complexity index is 265. The molecule has 2 nitrogen and oxygen atoms in total. The molecule has 2 N–H and O–H groups in total. The van der Waals surface area contributed by atoms with Gasteiger partial charge in [0.25, 0.3) is 0 Å². The van der Waals surface area contributed by atoms with Crippen LogP contribution in [0, 0.1) is 0 Å². The lowest BCUT2D eigenvalue weighted by atomic mass is 9.76. The highest BCUT2D eigenvalue weighted by Crippen LogP contribution is 2.39. The molecule has 0 amide bonds. The van der Waals surface area contributed by atoms with Crippen LogP contribution in [0.4, 0.5) is 0 Å². The maximum absolute atomic E-state index is 6.02. The van der Waals surface area contributed by atoms with Gasteiger partial charge in [-0.1, -0.05) is 0 Å². The van der Waals surface area contributed by atoms with E-state index in [1.165, 1.54) is 6.42 Å². The largest absolute Gasteiger partial charge is 0.466 e. The molecule has 0 radical (unpaired) electrons. The van der Waals surface area contributed by atoms with E-state index in [1.807, 2.05) is 6.07 Å². The van der Waals surface area contributed by atoms with Crippen molar-refractivity contribution in [2.45, 2.75) is 24.8 Å². The monoisotopic (exact) mass is 215 g/mol. The average Bonchev–Trinajstić information content (AvgIpc) is 2.31. The molecule has 11 heavy (non-hydrogen) atoms. The minimum Gasteiger partial charge on any atom is -0.466 e. The van der Waals surface area contributed by atoms with Crippen molar-refractivity contribution >= 4 is 15.9 Å². The van der Waals surface area contributed by atoms with Crippen molar-refractivity contribution in [3.63, 3.8) is 0 Å². The molecule has 0 saturated heterocycles. The first-order valence-corrected chi connectivity index (χ1v) is 4.53. The van der Waals surface area contributed by atoms with Crippen molar-refractivity contribution in [3.05, 3.63) is 22.6 Å². The number of rotatable bonds is 1. The summed E-state index contributed by atoms with van der Waals surface area (Å²) in [4.78, 5) is 0. The second-order valence-electron chi connectivity index (χ2n) is 3.14. The van der Waals surface area contributed by atoms with Crippen molar-refractivity contribution < 1.29 is 4.42 Å². The number of halogens is 1. The maximum atomic E-state index is 6.02. The Morgan fingerprint density at radius 2 is 2.27 bits per heavy atom. The highest BCUT2D eigenvalue weighted by atomic mass is 79.9. The lowest BCUT2D eigenvalue weighted by Crippen LogP contribution is -2.42. The molecule has 0 atom stereocenters. The molecule has 1 aliphatic carbocycles. The summed E-state index contributed by atoms with van der Waals surface area (Å²) in [5.74, 6) is 0.913. The Kier molecular flexibility index (Phi) is 1.58. The van der Waals surface area contributed by atoms with Gasteiger partial charge in [0.2, 0.25) is 0 Å². The SMILES string of the molecule is NC1(c2cc(Br)co2)CCC1. The van der Waals surface area contributed by atoms with E-state index in [0.717, 1.165) is 23.1 Å². The van der Waals surface area contributed by atoms with Gasteiger partial charge in [-0.2, -0.15) is 0 Å². The number of nitrogens with two attached hydrogens (primary N) is 1. The van der Waals surface area contributed by atoms with Gasteiger partial charge in [-0.15, -0.1) is 0 Å². The minimum absolute atomic E-state index is 0.161. The standard InChI is InChI=1S/C8H10BrNO/c9-6-4-7(11-5-6)8(10)2-1-3-8/h4-5H,1-3,10H2. The Balaban J connectivity index is 2.28. The quantitative estimate of drug-likeness (QED) is 0.782. The topological polar surface area (TPSA) is 39.2 Å². The van der Waals surface area contributed by atoms with Crippen molar-refractivity contribution in [2.75, 3.05) is 0 Å². The molecule has 0 aromatic carbocycles. The smallest absolute Gasteiger partial charge is 0.124 e. The predicted octanol–water partition coefficient (Wildman–Crippen LogP) is 2.38. The van der Waals surface area contributed by atoms with Gasteiger partial charge in [-0.3, -0.25) is 0 Å². The van der Waals surface area contributed by atoms with Crippen molar-refractivity contribution in [1.29, 1.82) is 0 Å². The van der Waals surface area contributed by atoms with Gasteiger partial charge in [-0.25, -0.2) is 0 Å². The molecule has 0 unspecified atom stereocenters. The van der Waals surface area contributed by atoms with Crippen LogP contribution in [0.15, 0.2) is 21.2 Å². The predicted molar refractivity (Wildman–Crippen MR) is 46.1 cm³/mol. The zero-order valence-corrected chi connectivity index (χ0v) is 7.73. The van der Waals surface area contributed by atoms with E-state index in [0.29, 0.717) is 0 Å². The van der Waals surface area contributed by atoms with Gasteiger partial charge in [0.15, 0.2) is 0 Å². The molecule has 1 heterocycles.